The van der Waals surface area contributed by atoms with Crippen LogP contribution in [0.1, 0.15) is 30.2 Å². The average molecular weight is 321 g/mol. The Bertz CT molecular complexity index is 770. The molecule has 1 atom stereocenters. The maximum atomic E-state index is 11.7. The van der Waals surface area contributed by atoms with Gasteiger partial charge in [0.25, 0.3) is 0 Å². The van der Waals surface area contributed by atoms with Crippen molar-refractivity contribution in [3.8, 4) is 11.5 Å². The molecule has 1 saturated heterocycles. The van der Waals surface area contributed by atoms with Crippen molar-refractivity contribution >= 4 is 10.0 Å². The van der Waals surface area contributed by atoms with Crippen molar-refractivity contribution in [2.24, 2.45) is 0 Å². The molecule has 0 bridgehead atoms. The minimum atomic E-state index is -3.18. The number of hydrogen-bond donors (Lipinski definition) is 0. The van der Waals surface area contributed by atoms with Gasteiger partial charge < -0.3 is 4.42 Å². The van der Waals surface area contributed by atoms with E-state index in [0.717, 1.165) is 24.0 Å². The van der Waals surface area contributed by atoms with Crippen molar-refractivity contribution < 1.29 is 12.8 Å². The maximum absolute atomic E-state index is 11.7. The van der Waals surface area contributed by atoms with E-state index in [1.807, 2.05) is 31.2 Å². The van der Waals surface area contributed by atoms with E-state index in [4.69, 9.17) is 4.42 Å². The first-order valence-electron chi connectivity index (χ1n) is 7.29. The summed E-state index contributed by atoms with van der Waals surface area (Å²) < 4.78 is 30.7. The van der Waals surface area contributed by atoms with Crippen molar-refractivity contribution in [1.29, 1.82) is 0 Å². The highest BCUT2D eigenvalue weighted by Crippen LogP contribution is 2.30. The smallest absolute Gasteiger partial charge is 0.248 e. The van der Waals surface area contributed by atoms with E-state index in [2.05, 4.69) is 10.2 Å². The first-order chi connectivity index (χ1) is 10.4. The second-order valence-electron chi connectivity index (χ2n) is 5.72. The summed E-state index contributed by atoms with van der Waals surface area (Å²) >= 11 is 0. The molecule has 0 saturated carbocycles. The first kappa shape index (κ1) is 15.2. The number of benzene rings is 1. The fourth-order valence-corrected chi connectivity index (χ4v) is 3.68. The van der Waals surface area contributed by atoms with Crippen LogP contribution in [0.15, 0.2) is 28.7 Å². The zero-order chi connectivity index (χ0) is 15.7. The molecule has 7 heteroatoms. The van der Waals surface area contributed by atoms with Gasteiger partial charge in [-0.25, -0.2) is 12.7 Å². The van der Waals surface area contributed by atoms with Crippen LogP contribution in [0, 0.1) is 6.92 Å². The van der Waals surface area contributed by atoms with E-state index in [9.17, 15) is 8.42 Å². The standard InChI is InChI=1S/C15H19N3O3S/c1-11-6-3-4-8-13(11)15-17-16-14(21-15)12-7-5-9-18(10-12)22(2,19)20/h3-4,6,8,12H,5,7,9-10H2,1-2H3. The van der Waals surface area contributed by atoms with Gasteiger partial charge in [0.2, 0.25) is 21.8 Å². The number of aryl methyl sites for hydroxylation is 1. The summed E-state index contributed by atoms with van der Waals surface area (Å²) in [5.41, 5.74) is 1.98. The Morgan fingerprint density at radius 2 is 2.05 bits per heavy atom. The lowest BCUT2D eigenvalue weighted by Gasteiger charge is -2.28. The Hall–Kier alpha value is -1.73. The molecule has 3 rings (SSSR count). The molecule has 1 aliphatic rings. The molecule has 118 valence electrons. The van der Waals surface area contributed by atoms with Crippen LogP contribution in [0.3, 0.4) is 0 Å². The van der Waals surface area contributed by atoms with Crippen LogP contribution in [0.2, 0.25) is 0 Å². The summed E-state index contributed by atoms with van der Waals surface area (Å²) in [4.78, 5) is 0. The van der Waals surface area contributed by atoms with Crippen LogP contribution >= 0.6 is 0 Å². The molecule has 2 aromatic rings. The van der Waals surface area contributed by atoms with Crippen molar-refractivity contribution in [3.05, 3.63) is 35.7 Å². The van der Waals surface area contributed by atoms with Gasteiger partial charge in [-0.05, 0) is 31.4 Å². The molecule has 6 nitrogen and oxygen atoms in total. The summed E-state index contributed by atoms with van der Waals surface area (Å²) in [5, 5.41) is 8.26. The van der Waals surface area contributed by atoms with Gasteiger partial charge in [-0.2, -0.15) is 0 Å². The SMILES string of the molecule is Cc1ccccc1-c1nnc(C2CCCN(S(C)(=O)=O)C2)o1. The van der Waals surface area contributed by atoms with Crippen LogP contribution in [0.4, 0.5) is 0 Å². The third-order valence-corrected chi connectivity index (χ3v) is 5.29. The third-order valence-electron chi connectivity index (χ3n) is 4.02. The minimum absolute atomic E-state index is 0.0336. The van der Waals surface area contributed by atoms with Gasteiger partial charge in [0.05, 0.1) is 12.2 Å². The zero-order valence-corrected chi connectivity index (χ0v) is 13.5. The highest BCUT2D eigenvalue weighted by molar-refractivity contribution is 7.88. The van der Waals surface area contributed by atoms with Crippen LogP contribution in [0.25, 0.3) is 11.5 Å². The molecule has 1 unspecified atom stereocenters. The number of nitrogens with zero attached hydrogens (tertiary/aromatic N) is 3. The summed E-state index contributed by atoms with van der Waals surface area (Å²) in [6.45, 7) is 2.97. The Kier molecular flexibility index (Phi) is 4.01. The molecule has 1 aliphatic heterocycles. The maximum Gasteiger partial charge on any atom is 0.248 e. The van der Waals surface area contributed by atoms with Crippen molar-refractivity contribution in [3.63, 3.8) is 0 Å². The molecule has 2 heterocycles. The molecule has 0 N–H and O–H groups in total. The second-order valence-corrected chi connectivity index (χ2v) is 7.70. The predicted molar refractivity (Wildman–Crippen MR) is 82.9 cm³/mol. The average Bonchev–Trinajstić information content (AvgIpc) is 2.97. The lowest BCUT2D eigenvalue weighted by molar-refractivity contribution is 0.287. The van der Waals surface area contributed by atoms with Gasteiger partial charge in [-0.15, -0.1) is 10.2 Å². The molecular formula is C15H19N3O3S. The van der Waals surface area contributed by atoms with E-state index >= 15 is 0 Å². The Morgan fingerprint density at radius 3 is 2.77 bits per heavy atom. The topological polar surface area (TPSA) is 76.3 Å². The molecule has 1 aromatic heterocycles. The van der Waals surface area contributed by atoms with E-state index in [-0.39, 0.29) is 5.92 Å². The third kappa shape index (κ3) is 3.05. The predicted octanol–water partition coefficient (Wildman–Crippen LogP) is 2.18. The molecule has 0 spiro atoms. The van der Waals surface area contributed by atoms with Crippen LogP contribution < -0.4 is 0 Å². The number of hydrogen-bond acceptors (Lipinski definition) is 5. The molecule has 22 heavy (non-hydrogen) atoms. The fraction of sp³-hybridized carbons (Fsp3) is 0.467. The molecule has 0 aliphatic carbocycles. The zero-order valence-electron chi connectivity index (χ0n) is 12.7. The first-order valence-corrected chi connectivity index (χ1v) is 9.14. The summed E-state index contributed by atoms with van der Waals surface area (Å²) in [5.74, 6) is 0.977. The van der Waals surface area contributed by atoms with Crippen LogP contribution in [-0.2, 0) is 10.0 Å². The fourth-order valence-electron chi connectivity index (χ4n) is 2.77. The molecule has 0 amide bonds. The monoisotopic (exact) mass is 321 g/mol. The summed E-state index contributed by atoms with van der Waals surface area (Å²) in [6.07, 6.45) is 2.91. The van der Waals surface area contributed by atoms with E-state index in [1.54, 1.807) is 0 Å². The Morgan fingerprint density at radius 1 is 1.27 bits per heavy atom. The molecule has 0 radical (unpaired) electrons. The molecule has 1 aromatic carbocycles. The number of rotatable bonds is 3. The molecular weight excluding hydrogens is 302 g/mol. The van der Waals surface area contributed by atoms with Crippen molar-refractivity contribution in [2.45, 2.75) is 25.7 Å². The lowest BCUT2D eigenvalue weighted by atomic mass is 10.00. The van der Waals surface area contributed by atoms with Crippen molar-refractivity contribution in [1.82, 2.24) is 14.5 Å². The van der Waals surface area contributed by atoms with Crippen molar-refractivity contribution in [2.75, 3.05) is 19.3 Å². The van der Waals surface area contributed by atoms with E-state index < -0.39 is 10.0 Å². The van der Waals surface area contributed by atoms with Gasteiger partial charge in [0, 0.05) is 18.7 Å². The van der Waals surface area contributed by atoms with E-state index in [0.29, 0.717) is 24.9 Å². The number of piperidine rings is 1. The summed E-state index contributed by atoms with van der Waals surface area (Å²) in [6, 6.07) is 7.82. The van der Waals surface area contributed by atoms with Gasteiger partial charge in [0.15, 0.2) is 0 Å². The Labute approximate surface area is 130 Å². The van der Waals surface area contributed by atoms with Crippen LogP contribution in [-0.4, -0.2) is 42.3 Å². The number of aromatic nitrogens is 2. The number of sulfonamides is 1. The van der Waals surface area contributed by atoms with E-state index in [1.165, 1.54) is 10.6 Å². The normalized spacial score (nSPS) is 20.2. The highest BCUT2D eigenvalue weighted by Gasteiger charge is 2.30. The molecule has 1 fully saturated rings. The summed E-state index contributed by atoms with van der Waals surface area (Å²) in [7, 11) is -3.18. The highest BCUT2D eigenvalue weighted by atomic mass is 32.2. The second kappa shape index (κ2) is 5.81. The largest absolute Gasteiger partial charge is 0.420 e. The van der Waals surface area contributed by atoms with Crippen LogP contribution in [0.5, 0.6) is 0 Å². The van der Waals surface area contributed by atoms with Gasteiger partial charge >= 0.3 is 0 Å². The van der Waals surface area contributed by atoms with Gasteiger partial charge in [0.1, 0.15) is 0 Å². The van der Waals surface area contributed by atoms with Gasteiger partial charge in [-0.1, -0.05) is 18.2 Å². The van der Waals surface area contributed by atoms with Gasteiger partial charge in [-0.3, -0.25) is 0 Å². The lowest BCUT2D eigenvalue weighted by Crippen LogP contribution is -2.38. The quantitative estimate of drug-likeness (QED) is 0.866. The Balaban J connectivity index is 1.84. The minimum Gasteiger partial charge on any atom is -0.420 e.